The summed E-state index contributed by atoms with van der Waals surface area (Å²) >= 11 is 3.27. The van der Waals surface area contributed by atoms with Crippen LogP contribution in [-0.4, -0.2) is 22.1 Å². The molecule has 1 N–H and O–H groups in total. The number of carbonyl (C=O) groups excluding carboxylic acids is 1. The van der Waals surface area contributed by atoms with Gasteiger partial charge in [-0.25, -0.2) is 4.98 Å². The number of pyridine rings is 1. The number of ketones is 1. The molecule has 3 rings (SSSR count). The number of ether oxygens (including phenoxy) is 1. The van der Waals surface area contributed by atoms with Crippen LogP contribution >= 0.6 is 15.9 Å². The number of fused-ring (bicyclic) bond motifs is 1. The third-order valence-electron chi connectivity index (χ3n) is 3.07. The van der Waals surface area contributed by atoms with Crippen molar-refractivity contribution in [1.82, 2.24) is 9.97 Å². The van der Waals surface area contributed by atoms with Gasteiger partial charge in [-0.3, -0.25) is 4.79 Å². The Labute approximate surface area is 136 Å². The van der Waals surface area contributed by atoms with E-state index in [1.807, 2.05) is 0 Å². The number of hydrogen-bond donors (Lipinski definition) is 1. The van der Waals surface area contributed by atoms with Gasteiger partial charge in [0.1, 0.15) is 11.4 Å². The average molecular weight is 385 g/mol. The van der Waals surface area contributed by atoms with Crippen LogP contribution < -0.4 is 4.74 Å². The maximum Gasteiger partial charge on any atom is 0.573 e. The van der Waals surface area contributed by atoms with E-state index in [9.17, 15) is 18.0 Å². The van der Waals surface area contributed by atoms with E-state index in [0.29, 0.717) is 21.1 Å². The number of nitrogens with zero attached hydrogens (tertiary/aromatic N) is 1. The van der Waals surface area contributed by atoms with Crippen molar-refractivity contribution in [3.05, 3.63) is 58.3 Å². The number of carbonyl (C=O) groups is 1. The summed E-state index contributed by atoms with van der Waals surface area (Å²) in [7, 11) is 0. The van der Waals surface area contributed by atoms with Crippen molar-refractivity contribution in [1.29, 1.82) is 0 Å². The minimum absolute atomic E-state index is 0.0904. The third-order valence-corrected chi connectivity index (χ3v) is 3.51. The van der Waals surface area contributed by atoms with Gasteiger partial charge in [0.25, 0.3) is 0 Å². The van der Waals surface area contributed by atoms with Crippen LogP contribution in [0.5, 0.6) is 5.75 Å². The molecule has 0 saturated carbocycles. The average Bonchev–Trinajstić information content (AvgIpc) is 2.88. The number of halogens is 4. The summed E-state index contributed by atoms with van der Waals surface area (Å²) in [5, 5.41) is 0.575. The largest absolute Gasteiger partial charge is 0.573 e. The van der Waals surface area contributed by atoms with Crippen molar-refractivity contribution in [3.8, 4) is 5.75 Å². The first kappa shape index (κ1) is 15.5. The molecule has 0 fully saturated rings. The quantitative estimate of drug-likeness (QED) is 0.678. The molecule has 0 spiro atoms. The normalized spacial score (nSPS) is 11.7. The number of aromatic nitrogens is 2. The molecule has 0 bridgehead atoms. The monoisotopic (exact) mass is 384 g/mol. The molecule has 2 aromatic heterocycles. The van der Waals surface area contributed by atoms with E-state index in [1.54, 1.807) is 12.3 Å². The van der Waals surface area contributed by atoms with Gasteiger partial charge in [-0.1, -0.05) is 12.1 Å². The summed E-state index contributed by atoms with van der Waals surface area (Å²) in [5.74, 6) is -0.869. The molecular weight excluding hydrogens is 377 g/mol. The van der Waals surface area contributed by atoms with Crippen LogP contribution in [0.2, 0.25) is 0 Å². The maximum absolute atomic E-state index is 12.6. The highest BCUT2D eigenvalue weighted by Gasteiger charge is 2.31. The smallest absolute Gasteiger partial charge is 0.406 e. The predicted molar refractivity (Wildman–Crippen MR) is 80.4 cm³/mol. The lowest BCUT2D eigenvalue weighted by Gasteiger charge is -2.09. The number of hydrogen-bond acceptors (Lipinski definition) is 3. The van der Waals surface area contributed by atoms with Gasteiger partial charge < -0.3 is 9.72 Å². The Morgan fingerprint density at radius 1 is 1.26 bits per heavy atom. The second kappa shape index (κ2) is 5.69. The molecule has 0 amide bonds. The maximum atomic E-state index is 12.6. The minimum Gasteiger partial charge on any atom is -0.406 e. The summed E-state index contributed by atoms with van der Waals surface area (Å²) in [6, 6.07) is 6.66. The Morgan fingerprint density at radius 3 is 2.78 bits per heavy atom. The lowest BCUT2D eigenvalue weighted by atomic mass is 10.0. The van der Waals surface area contributed by atoms with E-state index in [0.717, 1.165) is 12.1 Å². The van der Waals surface area contributed by atoms with Crippen LogP contribution in [0.15, 0.2) is 47.2 Å². The van der Waals surface area contributed by atoms with Crippen molar-refractivity contribution >= 4 is 32.7 Å². The SMILES string of the molecule is O=C(c1cccc(OC(F)(F)F)c1)c1c[nH]c2ncc(Br)cc12. The van der Waals surface area contributed by atoms with Crippen molar-refractivity contribution in [2.45, 2.75) is 6.36 Å². The van der Waals surface area contributed by atoms with Gasteiger partial charge in [0.05, 0.1) is 0 Å². The number of rotatable bonds is 3. The Bertz CT molecular complexity index is 890. The zero-order valence-electron chi connectivity index (χ0n) is 11.3. The first-order chi connectivity index (χ1) is 10.8. The van der Waals surface area contributed by atoms with Crippen molar-refractivity contribution in [2.75, 3.05) is 0 Å². The Balaban J connectivity index is 1.99. The Hall–Kier alpha value is -2.35. The van der Waals surface area contributed by atoms with Crippen LogP contribution in [0.25, 0.3) is 11.0 Å². The molecule has 0 saturated heterocycles. The van der Waals surface area contributed by atoms with E-state index in [2.05, 4.69) is 30.6 Å². The van der Waals surface area contributed by atoms with Gasteiger partial charge in [-0.05, 0) is 34.1 Å². The first-order valence-electron chi connectivity index (χ1n) is 6.36. The molecule has 1 aromatic carbocycles. The molecule has 3 aromatic rings. The second-order valence-electron chi connectivity index (χ2n) is 4.66. The third kappa shape index (κ3) is 3.37. The van der Waals surface area contributed by atoms with Crippen molar-refractivity contribution < 1.29 is 22.7 Å². The fraction of sp³-hybridized carbons (Fsp3) is 0.0667. The molecular formula is C15H8BrF3N2O2. The predicted octanol–water partition coefficient (Wildman–Crippen LogP) is 4.46. The highest BCUT2D eigenvalue weighted by molar-refractivity contribution is 9.10. The van der Waals surface area contributed by atoms with Crippen LogP contribution in [-0.2, 0) is 0 Å². The summed E-state index contributed by atoms with van der Waals surface area (Å²) in [4.78, 5) is 19.5. The van der Waals surface area contributed by atoms with Gasteiger partial charge in [0.15, 0.2) is 5.78 Å². The van der Waals surface area contributed by atoms with E-state index in [-0.39, 0.29) is 5.56 Å². The second-order valence-corrected chi connectivity index (χ2v) is 5.57. The van der Waals surface area contributed by atoms with Crippen molar-refractivity contribution in [2.24, 2.45) is 0 Å². The number of nitrogens with one attached hydrogen (secondary N) is 1. The van der Waals surface area contributed by atoms with Crippen molar-refractivity contribution in [3.63, 3.8) is 0 Å². The lowest BCUT2D eigenvalue weighted by Crippen LogP contribution is -2.17. The molecule has 0 aliphatic carbocycles. The Morgan fingerprint density at radius 2 is 2.04 bits per heavy atom. The summed E-state index contributed by atoms with van der Waals surface area (Å²) in [6.45, 7) is 0. The fourth-order valence-corrected chi connectivity index (χ4v) is 2.49. The van der Waals surface area contributed by atoms with E-state index >= 15 is 0 Å². The zero-order chi connectivity index (χ0) is 16.6. The minimum atomic E-state index is -4.81. The first-order valence-corrected chi connectivity index (χ1v) is 7.16. The molecule has 0 atom stereocenters. The van der Waals surface area contributed by atoms with Crippen LogP contribution in [0.1, 0.15) is 15.9 Å². The number of benzene rings is 1. The van der Waals surface area contributed by atoms with Gasteiger partial charge in [0, 0.05) is 33.4 Å². The molecule has 118 valence electrons. The molecule has 0 radical (unpaired) electrons. The highest BCUT2D eigenvalue weighted by atomic mass is 79.9. The summed E-state index contributed by atoms with van der Waals surface area (Å²) in [5.41, 5.74) is 0.921. The molecule has 8 heteroatoms. The van der Waals surface area contributed by atoms with E-state index in [4.69, 9.17) is 0 Å². The van der Waals surface area contributed by atoms with E-state index < -0.39 is 17.9 Å². The summed E-state index contributed by atoms with van der Waals surface area (Å²) in [6.07, 6.45) is -1.76. The molecule has 0 unspecified atom stereocenters. The molecule has 23 heavy (non-hydrogen) atoms. The number of aromatic amines is 1. The topological polar surface area (TPSA) is 55.0 Å². The molecule has 2 heterocycles. The van der Waals surface area contributed by atoms with Crippen LogP contribution in [0, 0.1) is 0 Å². The fourth-order valence-electron chi connectivity index (χ4n) is 2.16. The highest BCUT2D eigenvalue weighted by Crippen LogP contribution is 2.26. The van der Waals surface area contributed by atoms with Gasteiger partial charge in [-0.15, -0.1) is 13.2 Å². The lowest BCUT2D eigenvalue weighted by molar-refractivity contribution is -0.274. The van der Waals surface area contributed by atoms with Gasteiger partial charge in [-0.2, -0.15) is 0 Å². The van der Waals surface area contributed by atoms with Gasteiger partial charge >= 0.3 is 6.36 Å². The Kier molecular flexibility index (Phi) is 3.85. The number of H-pyrrole nitrogens is 1. The van der Waals surface area contributed by atoms with Gasteiger partial charge in [0.2, 0.25) is 0 Å². The van der Waals surface area contributed by atoms with E-state index in [1.165, 1.54) is 18.3 Å². The summed E-state index contributed by atoms with van der Waals surface area (Å²) < 4.78 is 41.3. The van der Waals surface area contributed by atoms with Crippen LogP contribution in [0.3, 0.4) is 0 Å². The molecule has 0 aliphatic rings. The number of alkyl halides is 3. The zero-order valence-corrected chi connectivity index (χ0v) is 12.9. The van der Waals surface area contributed by atoms with Crippen LogP contribution in [0.4, 0.5) is 13.2 Å². The molecule has 4 nitrogen and oxygen atoms in total. The molecule has 0 aliphatic heterocycles. The standard InChI is InChI=1S/C15H8BrF3N2O2/c16-9-5-11-12(7-21-14(11)20-6-9)13(22)8-2-1-3-10(4-8)23-15(17,18)19/h1-7H,(H,20,21).